The SMILES string of the molecule is COc1cc(OC)cc(C(=O)N[C@@H](C(=O)OCC(C)C)C(C)C)c1. The van der Waals surface area contributed by atoms with Gasteiger partial charge in [0.1, 0.15) is 17.5 Å². The molecule has 0 aromatic heterocycles. The molecule has 0 aliphatic carbocycles. The summed E-state index contributed by atoms with van der Waals surface area (Å²) in [5, 5.41) is 2.73. The number of carbonyl (C=O) groups is 2. The summed E-state index contributed by atoms with van der Waals surface area (Å²) >= 11 is 0. The Labute approximate surface area is 143 Å². The second-order valence-electron chi connectivity index (χ2n) is 6.32. The van der Waals surface area contributed by atoms with Crippen LogP contribution in [-0.2, 0) is 9.53 Å². The fourth-order valence-electron chi connectivity index (χ4n) is 2.00. The molecule has 1 atom stereocenters. The van der Waals surface area contributed by atoms with Gasteiger partial charge in [-0.2, -0.15) is 0 Å². The van der Waals surface area contributed by atoms with Crippen LogP contribution in [0.1, 0.15) is 38.1 Å². The standard InChI is InChI=1S/C18H27NO5/c1-11(2)10-24-18(21)16(12(3)4)19-17(20)13-7-14(22-5)9-15(8-13)23-6/h7-9,11-12,16H,10H2,1-6H3,(H,19,20)/t16-/m1/s1. The Balaban J connectivity index is 2.91. The van der Waals surface area contributed by atoms with Crippen molar-refractivity contribution in [2.45, 2.75) is 33.7 Å². The number of esters is 1. The van der Waals surface area contributed by atoms with Crippen molar-refractivity contribution in [1.82, 2.24) is 5.32 Å². The molecule has 0 radical (unpaired) electrons. The fourth-order valence-corrected chi connectivity index (χ4v) is 2.00. The minimum atomic E-state index is -0.714. The first kappa shape index (κ1) is 19.8. The average Bonchev–Trinajstić information content (AvgIpc) is 2.56. The van der Waals surface area contributed by atoms with Crippen LogP contribution < -0.4 is 14.8 Å². The lowest BCUT2D eigenvalue weighted by Crippen LogP contribution is -2.45. The molecule has 1 amide bonds. The second kappa shape index (κ2) is 9.15. The maximum atomic E-state index is 12.5. The molecule has 0 aliphatic rings. The normalized spacial score (nSPS) is 12.0. The molecule has 24 heavy (non-hydrogen) atoms. The van der Waals surface area contributed by atoms with Crippen molar-refractivity contribution in [2.75, 3.05) is 20.8 Å². The first-order chi connectivity index (χ1) is 11.3. The summed E-state index contributed by atoms with van der Waals surface area (Å²) in [4.78, 5) is 24.7. The summed E-state index contributed by atoms with van der Waals surface area (Å²) in [6.45, 7) is 7.95. The van der Waals surface area contributed by atoms with Gasteiger partial charge in [0.15, 0.2) is 0 Å². The third kappa shape index (κ3) is 5.76. The number of rotatable bonds is 8. The number of benzene rings is 1. The summed E-state index contributed by atoms with van der Waals surface area (Å²) in [5.74, 6) is 0.335. The fraction of sp³-hybridized carbons (Fsp3) is 0.556. The topological polar surface area (TPSA) is 73.9 Å². The Morgan fingerprint density at radius 3 is 1.96 bits per heavy atom. The summed E-state index contributed by atoms with van der Waals surface area (Å²) in [6, 6.07) is 4.14. The summed E-state index contributed by atoms with van der Waals surface area (Å²) in [7, 11) is 3.02. The predicted molar refractivity (Wildman–Crippen MR) is 91.4 cm³/mol. The Morgan fingerprint density at radius 2 is 1.54 bits per heavy atom. The molecule has 0 heterocycles. The van der Waals surface area contributed by atoms with E-state index in [9.17, 15) is 9.59 Å². The zero-order chi connectivity index (χ0) is 18.3. The largest absolute Gasteiger partial charge is 0.497 e. The van der Waals surface area contributed by atoms with E-state index in [2.05, 4.69) is 5.32 Å². The van der Waals surface area contributed by atoms with E-state index in [-0.39, 0.29) is 17.7 Å². The number of methoxy groups -OCH3 is 2. The lowest BCUT2D eigenvalue weighted by molar-refractivity contribution is -0.148. The highest BCUT2D eigenvalue weighted by Gasteiger charge is 2.26. The van der Waals surface area contributed by atoms with Crippen molar-refractivity contribution < 1.29 is 23.8 Å². The molecule has 0 saturated carbocycles. The zero-order valence-electron chi connectivity index (χ0n) is 15.2. The average molecular weight is 337 g/mol. The zero-order valence-corrected chi connectivity index (χ0v) is 15.2. The van der Waals surface area contributed by atoms with Gasteiger partial charge in [-0.1, -0.05) is 27.7 Å². The third-order valence-corrected chi connectivity index (χ3v) is 3.38. The molecule has 0 spiro atoms. The molecular formula is C18H27NO5. The van der Waals surface area contributed by atoms with Gasteiger partial charge in [-0.15, -0.1) is 0 Å². The van der Waals surface area contributed by atoms with E-state index >= 15 is 0 Å². The molecular weight excluding hydrogens is 310 g/mol. The van der Waals surface area contributed by atoms with Crippen LogP contribution in [0.15, 0.2) is 18.2 Å². The van der Waals surface area contributed by atoms with Gasteiger partial charge in [0.05, 0.1) is 20.8 Å². The molecule has 0 bridgehead atoms. The minimum Gasteiger partial charge on any atom is -0.497 e. The molecule has 6 nitrogen and oxygen atoms in total. The predicted octanol–water partition coefficient (Wildman–Crippen LogP) is 2.66. The van der Waals surface area contributed by atoms with Crippen LogP contribution >= 0.6 is 0 Å². The Bertz CT molecular complexity index is 546. The molecule has 134 valence electrons. The van der Waals surface area contributed by atoms with Crippen molar-refractivity contribution in [3.63, 3.8) is 0 Å². The van der Waals surface area contributed by atoms with E-state index in [1.807, 2.05) is 27.7 Å². The lowest BCUT2D eigenvalue weighted by atomic mass is 10.0. The highest BCUT2D eigenvalue weighted by atomic mass is 16.5. The van der Waals surface area contributed by atoms with E-state index in [4.69, 9.17) is 14.2 Å². The first-order valence-electron chi connectivity index (χ1n) is 7.99. The van der Waals surface area contributed by atoms with Crippen LogP contribution in [0.5, 0.6) is 11.5 Å². The molecule has 1 aromatic carbocycles. The van der Waals surface area contributed by atoms with Crippen LogP contribution in [0.2, 0.25) is 0 Å². The molecule has 1 rings (SSSR count). The van der Waals surface area contributed by atoms with E-state index in [1.54, 1.807) is 18.2 Å². The summed E-state index contributed by atoms with van der Waals surface area (Å²) < 4.78 is 15.6. The van der Waals surface area contributed by atoms with Crippen LogP contribution in [0.25, 0.3) is 0 Å². The van der Waals surface area contributed by atoms with Crippen molar-refractivity contribution in [3.8, 4) is 11.5 Å². The Kier molecular flexibility index (Phi) is 7.55. The van der Waals surface area contributed by atoms with Gasteiger partial charge < -0.3 is 19.5 Å². The quantitative estimate of drug-likeness (QED) is 0.738. The number of ether oxygens (including phenoxy) is 3. The molecule has 0 unspecified atom stereocenters. The van der Waals surface area contributed by atoms with Crippen LogP contribution in [0.4, 0.5) is 0 Å². The number of hydrogen-bond donors (Lipinski definition) is 1. The van der Waals surface area contributed by atoms with Gasteiger partial charge in [0, 0.05) is 11.6 Å². The van der Waals surface area contributed by atoms with Crippen molar-refractivity contribution >= 4 is 11.9 Å². The highest BCUT2D eigenvalue weighted by molar-refractivity contribution is 5.97. The molecule has 6 heteroatoms. The number of amides is 1. The Hall–Kier alpha value is -2.24. The maximum Gasteiger partial charge on any atom is 0.328 e. The first-order valence-corrected chi connectivity index (χ1v) is 7.99. The van der Waals surface area contributed by atoms with Crippen molar-refractivity contribution in [1.29, 1.82) is 0 Å². The van der Waals surface area contributed by atoms with E-state index < -0.39 is 12.0 Å². The number of carbonyl (C=O) groups excluding carboxylic acids is 2. The Morgan fingerprint density at radius 1 is 1.00 bits per heavy atom. The molecule has 0 fully saturated rings. The lowest BCUT2D eigenvalue weighted by Gasteiger charge is -2.21. The third-order valence-electron chi connectivity index (χ3n) is 3.38. The van der Waals surface area contributed by atoms with E-state index in [0.29, 0.717) is 23.7 Å². The van der Waals surface area contributed by atoms with Crippen molar-refractivity contribution in [2.24, 2.45) is 11.8 Å². The monoisotopic (exact) mass is 337 g/mol. The van der Waals surface area contributed by atoms with Gasteiger partial charge in [0.25, 0.3) is 5.91 Å². The van der Waals surface area contributed by atoms with Gasteiger partial charge in [0.2, 0.25) is 0 Å². The number of nitrogens with one attached hydrogen (secondary N) is 1. The maximum absolute atomic E-state index is 12.5. The van der Waals surface area contributed by atoms with Crippen molar-refractivity contribution in [3.05, 3.63) is 23.8 Å². The summed E-state index contributed by atoms with van der Waals surface area (Å²) in [6.07, 6.45) is 0. The highest BCUT2D eigenvalue weighted by Crippen LogP contribution is 2.22. The molecule has 0 aliphatic heterocycles. The molecule has 1 N–H and O–H groups in total. The number of hydrogen-bond acceptors (Lipinski definition) is 5. The second-order valence-corrected chi connectivity index (χ2v) is 6.32. The van der Waals surface area contributed by atoms with Gasteiger partial charge in [-0.3, -0.25) is 4.79 Å². The summed E-state index contributed by atoms with van der Waals surface area (Å²) in [5.41, 5.74) is 0.355. The smallest absolute Gasteiger partial charge is 0.328 e. The van der Waals surface area contributed by atoms with Crippen LogP contribution in [0, 0.1) is 11.8 Å². The van der Waals surface area contributed by atoms with E-state index in [0.717, 1.165) is 0 Å². The van der Waals surface area contributed by atoms with Gasteiger partial charge in [-0.25, -0.2) is 4.79 Å². The molecule has 0 saturated heterocycles. The van der Waals surface area contributed by atoms with Gasteiger partial charge in [-0.05, 0) is 24.0 Å². The van der Waals surface area contributed by atoms with Gasteiger partial charge >= 0.3 is 5.97 Å². The van der Waals surface area contributed by atoms with Crippen LogP contribution in [-0.4, -0.2) is 38.7 Å². The van der Waals surface area contributed by atoms with Crippen LogP contribution in [0.3, 0.4) is 0 Å². The minimum absolute atomic E-state index is 0.0962. The molecule has 1 aromatic rings. The van der Waals surface area contributed by atoms with E-state index in [1.165, 1.54) is 14.2 Å².